The quantitative estimate of drug-likeness (QED) is 0.530. The first-order valence-corrected chi connectivity index (χ1v) is 9.95. The highest BCUT2D eigenvalue weighted by Crippen LogP contribution is 2.32. The molecule has 154 valence electrons. The van der Waals surface area contributed by atoms with E-state index in [1.54, 1.807) is 17.8 Å². The van der Waals surface area contributed by atoms with Crippen LogP contribution in [0.3, 0.4) is 0 Å². The number of hydrogen-bond acceptors (Lipinski definition) is 5. The van der Waals surface area contributed by atoms with Crippen LogP contribution in [-0.4, -0.2) is 49.3 Å². The third-order valence-corrected chi connectivity index (χ3v) is 5.42. The van der Waals surface area contributed by atoms with Crippen LogP contribution >= 0.6 is 0 Å². The SMILES string of the molecule is CNc1cc(-c2cn(C(C)C)c3ncccc23)nc2c(C(=O)N[C@H]3C[C@H]3F)cnn12. The maximum absolute atomic E-state index is 13.2. The van der Waals surface area contributed by atoms with Gasteiger partial charge in [0.25, 0.3) is 5.91 Å². The van der Waals surface area contributed by atoms with Gasteiger partial charge in [-0.05, 0) is 26.0 Å². The van der Waals surface area contributed by atoms with Crippen molar-refractivity contribution in [2.45, 2.75) is 38.5 Å². The molecular formula is C21H22FN7O. The second-order valence-electron chi connectivity index (χ2n) is 7.82. The number of pyridine rings is 1. The summed E-state index contributed by atoms with van der Waals surface area (Å²) in [7, 11) is 1.79. The molecule has 4 aromatic rings. The number of nitrogens with zero attached hydrogens (tertiary/aromatic N) is 5. The molecule has 4 heterocycles. The summed E-state index contributed by atoms with van der Waals surface area (Å²) in [6.45, 7) is 4.20. The second-order valence-corrected chi connectivity index (χ2v) is 7.82. The number of amides is 1. The van der Waals surface area contributed by atoms with Gasteiger partial charge >= 0.3 is 0 Å². The van der Waals surface area contributed by atoms with E-state index in [0.717, 1.165) is 16.6 Å². The summed E-state index contributed by atoms with van der Waals surface area (Å²) in [4.78, 5) is 22.0. The normalized spacial score (nSPS) is 18.3. The summed E-state index contributed by atoms with van der Waals surface area (Å²) in [6, 6.07) is 5.61. The number of carbonyl (C=O) groups is 1. The molecule has 5 rings (SSSR count). The summed E-state index contributed by atoms with van der Waals surface area (Å²) >= 11 is 0. The number of anilines is 1. The molecule has 0 radical (unpaired) electrons. The van der Waals surface area contributed by atoms with Crippen LogP contribution in [0.25, 0.3) is 27.9 Å². The Bertz CT molecular complexity index is 1280. The van der Waals surface area contributed by atoms with Gasteiger partial charge in [-0.3, -0.25) is 4.79 Å². The van der Waals surface area contributed by atoms with Crippen LogP contribution < -0.4 is 10.6 Å². The topological polar surface area (TPSA) is 89.1 Å². The molecule has 1 fully saturated rings. The number of fused-ring (bicyclic) bond motifs is 2. The largest absolute Gasteiger partial charge is 0.373 e. The van der Waals surface area contributed by atoms with Gasteiger partial charge < -0.3 is 15.2 Å². The van der Waals surface area contributed by atoms with Crippen LogP contribution in [0.15, 0.2) is 36.8 Å². The van der Waals surface area contributed by atoms with Gasteiger partial charge in [0.15, 0.2) is 5.65 Å². The first kappa shape index (κ1) is 18.5. The summed E-state index contributed by atoms with van der Waals surface area (Å²) in [6.07, 6.45) is 4.66. The maximum Gasteiger partial charge on any atom is 0.257 e. The molecule has 8 nitrogen and oxygen atoms in total. The molecule has 2 N–H and O–H groups in total. The van der Waals surface area contributed by atoms with E-state index in [-0.39, 0.29) is 11.9 Å². The summed E-state index contributed by atoms with van der Waals surface area (Å²) in [5, 5.41) is 11.1. The van der Waals surface area contributed by atoms with Crippen LogP contribution in [-0.2, 0) is 0 Å². The highest BCUT2D eigenvalue weighted by molar-refractivity contribution is 6.01. The Morgan fingerprint density at radius 3 is 2.83 bits per heavy atom. The van der Waals surface area contributed by atoms with E-state index in [4.69, 9.17) is 4.98 Å². The molecule has 1 saturated carbocycles. The third-order valence-electron chi connectivity index (χ3n) is 5.42. The minimum atomic E-state index is -0.971. The highest BCUT2D eigenvalue weighted by atomic mass is 19.1. The van der Waals surface area contributed by atoms with Crippen molar-refractivity contribution >= 4 is 28.4 Å². The number of hydrogen-bond donors (Lipinski definition) is 2. The standard InChI is InChI=1S/C21H22FN7O/c1-11(2)28-10-14(12-5-4-6-24-19(12)28)16-8-18(23-3)29-20(26-16)13(9-25-29)21(30)27-17-7-15(17)22/h4-6,8-11,15,17,23H,7H2,1-3H3,(H,27,30)/t15-,17+/m1/s1. The van der Waals surface area contributed by atoms with E-state index in [0.29, 0.717) is 29.1 Å². The lowest BCUT2D eigenvalue weighted by Crippen LogP contribution is -2.27. The Balaban J connectivity index is 1.68. The second kappa shape index (κ2) is 6.79. The molecule has 0 aromatic carbocycles. The number of carbonyl (C=O) groups excluding carboxylic acids is 1. The van der Waals surface area contributed by atoms with Gasteiger partial charge in [-0.2, -0.15) is 9.61 Å². The smallest absolute Gasteiger partial charge is 0.257 e. The molecule has 30 heavy (non-hydrogen) atoms. The molecule has 2 atom stereocenters. The van der Waals surface area contributed by atoms with Gasteiger partial charge in [0, 0.05) is 48.9 Å². The lowest BCUT2D eigenvalue weighted by molar-refractivity contribution is 0.0949. The first-order chi connectivity index (χ1) is 14.5. The fourth-order valence-electron chi connectivity index (χ4n) is 3.68. The van der Waals surface area contributed by atoms with Crippen molar-refractivity contribution < 1.29 is 9.18 Å². The third kappa shape index (κ3) is 2.89. The van der Waals surface area contributed by atoms with Crippen molar-refractivity contribution in [1.82, 2.24) is 29.5 Å². The van der Waals surface area contributed by atoms with E-state index in [9.17, 15) is 9.18 Å². The Kier molecular flexibility index (Phi) is 4.19. The molecule has 1 aliphatic carbocycles. The molecule has 0 spiro atoms. The maximum atomic E-state index is 13.2. The van der Waals surface area contributed by atoms with Crippen molar-refractivity contribution in [3.8, 4) is 11.3 Å². The zero-order valence-electron chi connectivity index (χ0n) is 16.9. The molecular weight excluding hydrogens is 385 g/mol. The van der Waals surface area contributed by atoms with Gasteiger partial charge in [-0.1, -0.05) is 0 Å². The first-order valence-electron chi connectivity index (χ1n) is 9.95. The van der Waals surface area contributed by atoms with Crippen molar-refractivity contribution in [2.24, 2.45) is 0 Å². The lowest BCUT2D eigenvalue weighted by atomic mass is 10.1. The highest BCUT2D eigenvalue weighted by Gasteiger charge is 2.39. The van der Waals surface area contributed by atoms with Crippen molar-refractivity contribution in [2.75, 3.05) is 12.4 Å². The zero-order chi connectivity index (χ0) is 21.0. The van der Waals surface area contributed by atoms with Crippen LogP contribution in [0.5, 0.6) is 0 Å². The number of halogens is 1. The van der Waals surface area contributed by atoms with E-state index in [2.05, 4.69) is 39.1 Å². The van der Waals surface area contributed by atoms with E-state index in [1.807, 2.05) is 24.4 Å². The fourth-order valence-corrected chi connectivity index (χ4v) is 3.68. The summed E-state index contributed by atoms with van der Waals surface area (Å²) in [5.74, 6) is 0.325. The molecule has 4 aromatic heterocycles. The average Bonchev–Trinajstić information content (AvgIpc) is 3.14. The Hall–Kier alpha value is -3.49. The van der Waals surface area contributed by atoms with Gasteiger partial charge in [0.2, 0.25) is 0 Å². The Morgan fingerprint density at radius 2 is 2.13 bits per heavy atom. The van der Waals surface area contributed by atoms with Crippen LogP contribution in [0.4, 0.5) is 10.2 Å². The number of alkyl halides is 1. The van der Waals surface area contributed by atoms with Gasteiger partial charge in [0.05, 0.1) is 17.9 Å². The molecule has 9 heteroatoms. The molecule has 0 saturated heterocycles. The summed E-state index contributed by atoms with van der Waals surface area (Å²) < 4.78 is 16.9. The van der Waals surface area contributed by atoms with Gasteiger partial charge in [0.1, 0.15) is 23.2 Å². The molecule has 0 aliphatic heterocycles. The summed E-state index contributed by atoms with van der Waals surface area (Å²) in [5.41, 5.74) is 3.24. The van der Waals surface area contributed by atoms with E-state index < -0.39 is 12.2 Å². The van der Waals surface area contributed by atoms with E-state index in [1.165, 1.54) is 6.20 Å². The molecule has 1 amide bonds. The fraction of sp³-hybridized carbons (Fsp3) is 0.333. The van der Waals surface area contributed by atoms with Crippen LogP contribution in [0.1, 0.15) is 36.7 Å². The number of aromatic nitrogens is 5. The molecule has 1 aliphatic rings. The van der Waals surface area contributed by atoms with Crippen LogP contribution in [0, 0.1) is 0 Å². The minimum Gasteiger partial charge on any atom is -0.373 e. The lowest BCUT2D eigenvalue weighted by Gasteiger charge is -2.08. The Morgan fingerprint density at radius 1 is 1.33 bits per heavy atom. The average molecular weight is 407 g/mol. The monoisotopic (exact) mass is 407 g/mol. The van der Waals surface area contributed by atoms with Crippen LogP contribution in [0.2, 0.25) is 0 Å². The van der Waals surface area contributed by atoms with Gasteiger partial charge in [-0.15, -0.1) is 0 Å². The predicted octanol–water partition coefficient (Wildman–Crippen LogP) is 3.21. The van der Waals surface area contributed by atoms with Crippen molar-refractivity contribution in [1.29, 1.82) is 0 Å². The molecule has 0 unspecified atom stereocenters. The van der Waals surface area contributed by atoms with Crippen molar-refractivity contribution in [3.05, 3.63) is 42.4 Å². The minimum absolute atomic E-state index is 0.229. The number of nitrogens with one attached hydrogen (secondary N) is 2. The van der Waals surface area contributed by atoms with E-state index >= 15 is 0 Å². The van der Waals surface area contributed by atoms with Crippen molar-refractivity contribution in [3.63, 3.8) is 0 Å². The predicted molar refractivity (Wildman–Crippen MR) is 112 cm³/mol. The van der Waals surface area contributed by atoms with Gasteiger partial charge in [-0.25, -0.2) is 14.4 Å². The number of rotatable bonds is 5. The molecule has 0 bridgehead atoms. The zero-order valence-corrected chi connectivity index (χ0v) is 16.9. The Labute approximate surface area is 172 Å².